The van der Waals surface area contributed by atoms with Crippen LogP contribution in [0.15, 0.2) is 42.7 Å². The number of fused-ring (bicyclic) bond motifs is 4. The molecule has 0 saturated heterocycles. The molecule has 0 aromatic carbocycles. The topological polar surface area (TPSA) is 51.6 Å². The van der Waals surface area contributed by atoms with E-state index in [4.69, 9.17) is 11.6 Å². The van der Waals surface area contributed by atoms with Crippen LogP contribution < -0.4 is 0 Å². The van der Waals surface area contributed by atoms with Gasteiger partial charge in [0.05, 0.1) is 5.52 Å². The van der Waals surface area contributed by atoms with E-state index in [0.29, 0.717) is 10.8 Å². The molecule has 0 aliphatic rings. The van der Waals surface area contributed by atoms with Gasteiger partial charge in [-0.3, -0.25) is 0 Å². The molecule has 4 aromatic rings. The third-order valence-electron chi connectivity index (χ3n) is 3.04. The Morgan fingerprint density at radius 3 is 2.79 bits per heavy atom. The van der Waals surface area contributed by atoms with Gasteiger partial charge in [0.2, 0.25) is 0 Å². The Balaban J connectivity index is 2.22. The maximum absolute atomic E-state index is 5.88. The Hall–Kier alpha value is -2.33. The SMILES string of the molecule is Clc1ccc2c(ncc3cc4cccnc4nc32)n1. The molecule has 0 fully saturated rings. The summed E-state index contributed by atoms with van der Waals surface area (Å²) in [5, 5.41) is 3.28. The molecular formula is C14H7ClN4. The average molecular weight is 267 g/mol. The molecule has 0 spiro atoms. The molecule has 0 aliphatic carbocycles. The Bertz CT molecular complexity index is 936. The van der Waals surface area contributed by atoms with E-state index in [-0.39, 0.29) is 0 Å². The second kappa shape index (κ2) is 3.83. The lowest BCUT2D eigenvalue weighted by Crippen LogP contribution is -1.90. The first-order valence-electron chi connectivity index (χ1n) is 5.78. The number of halogens is 1. The van der Waals surface area contributed by atoms with Crippen molar-refractivity contribution in [2.24, 2.45) is 0 Å². The van der Waals surface area contributed by atoms with E-state index in [9.17, 15) is 0 Å². The smallest absolute Gasteiger partial charge is 0.163 e. The largest absolute Gasteiger partial charge is 0.237 e. The molecule has 4 rings (SSSR count). The molecule has 90 valence electrons. The fourth-order valence-corrected chi connectivity index (χ4v) is 2.32. The summed E-state index contributed by atoms with van der Waals surface area (Å²) in [7, 11) is 0. The van der Waals surface area contributed by atoms with Gasteiger partial charge in [-0.15, -0.1) is 0 Å². The summed E-state index contributed by atoms with van der Waals surface area (Å²) in [5.74, 6) is 0. The van der Waals surface area contributed by atoms with E-state index in [1.54, 1.807) is 18.5 Å². The third kappa shape index (κ3) is 1.61. The minimum atomic E-state index is 0.429. The highest BCUT2D eigenvalue weighted by Crippen LogP contribution is 2.24. The van der Waals surface area contributed by atoms with Gasteiger partial charge in [0.1, 0.15) is 5.15 Å². The molecule has 4 aromatic heterocycles. The van der Waals surface area contributed by atoms with Gasteiger partial charge < -0.3 is 0 Å². The standard InChI is InChI=1S/C14H7ClN4/c15-11-4-3-10-12-9(7-17-14(10)18-11)6-8-2-1-5-16-13(8)19-12/h1-7H. The molecule has 0 saturated carbocycles. The van der Waals surface area contributed by atoms with Crippen molar-refractivity contribution in [1.82, 2.24) is 19.9 Å². The predicted octanol–water partition coefficient (Wildman–Crippen LogP) is 3.38. The van der Waals surface area contributed by atoms with Crippen LogP contribution >= 0.6 is 11.6 Å². The van der Waals surface area contributed by atoms with Crippen molar-refractivity contribution in [2.45, 2.75) is 0 Å². The molecule has 5 heteroatoms. The van der Waals surface area contributed by atoms with Crippen molar-refractivity contribution >= 4 is 44.6 Å². The van der Waals surface area contributed by atoms with Crippen LogP contribution in [-0.2, 0) is 0 Å². The second-order valence-electron chi connectivity index (χ2n) is 4.24. The van der Waals surface area contributed by atoms with E-state index in [2.05, 4.69) is 19.9 Å². The van der Waals surface area contributed by atoms with Gasteiger partial charge in [-0.25, -0.2) is 19.9 Å². The third-order valence-corrected chi connectivity index (χ3v) is 3.25. The van der Waals surface area contributed by atoms with Gasteiger partial charge in [0, 0.05) is 28.6 Å². The summed E-state index contributed by atoms with van der Waals surface area (Å²) in [6, 6.07) is 9.55. The summed E-state index contributed by atoms with van der Waals surface area (Å²) in [5.41, 5.74) is 2.17. The van der Waals surface area contributed by atoms with Gasteiger partial charge in [0.25, 0.3) is 0 Å². The van der Waals surface area contributed by atoms with E-state index in [1.165, 1.54) is 0 Å². The van der Waals surface area contributed by atoms with Crippen LogP contribution in [0.1, 0.15) is 0 Å². The number of hydrogen-bond donors (Lipinski definition) is 0. The zero-order valence-corrected chi connectivity index (χ0v) is 10.5. The second-order valence-corrected chi connectivity index (χ2v) is 4.63. The van der Waals surface area contributed by atoms with E-state index in [0.717, 1.165) is 27.3 Å². The van der Waals surface area contributed by atoms with Crippen LogP contribution in [-0.4, -0.2) is 19.9 Å². The van der Waals surface area contributed by atoms with Crippen LogP contribution in [0.3, 0.4) is 0 Å². The molecule has 0 amide bonds. The molecule has 4 heterocycles. The number of nitrogens with zero attached hydrogens (tertiary/aromatic N) is 4. The van der Waals surface area contributed by atoms with Gasteiger partial charge >= 0.3 is 0 Å². The molecule has 0 unspecified atom stereocenters. The average Bonchev–Trinajstić information content (AvgIpc) is 2.44. The molecule has 0 aliphatic heterocycles. The Morgan fingerprint density at radius 2 is 1.84 bits per heavy atom. The van der Waals surface area contributed by atoms with Gasteiger partial charge in [-0.05, 0) is 30.3 Å². The minimum Gasteiger partial charge on any atom is -0.237 e. The first-order chi connectivity index (χ1) is 9.31. The normalized spacial score (nSPS) is 11.4. The highest BCUT2D eigenvalue weighted by Gasteiger charge is 2.07. The lowest BCUT2D eigenvalue weighted by molar-refractivity contribution is 1.28. The summed E-state index contributed by atoms with van der Waals surface area (Å²) < 4.78 is 0. The van der Waals surface area contributed by atoms with Crippen molar-refractivity contribution in [3.05, 3.63) is 47.9 Å². The molecule has 0 atom stereocenters. The maximum atomic E-state index is 5.88. The highest BCUT2D eigenvalue weighted by molar-refractivity contribution is 6.29. The van der Waals surface area contributed by atoms with Crippen molar-refractivity contribution < 1.29 is 0 Å². The van der Waals surface area contributed by atoms with Crippen molar-refractivity contribution in [2.75, 3.05) is 0 Å². The van der Waals surface area contributed by atoms with Gasteiger partial charge in [0.15, 0.2) is 11.3 Å². The van der Waals surface area contributed by atoms with Crippen molar-refractivity contribution in [3.63, 3.8) is 0 Å². The molecule has 19 heavy (non-hydrogen) atoms. The zero-order valence-electron chi connectivity index (χ0n) is 9.71. The van der Waals surface area contributed by atoms with Gasteiger partial charge in [-0.2, -0.15) is 0 Å². The molecule has 0 radical (unpaired) electrons. The van der Waals surface area contributed by atoms with Crippen LogP contribution in [0.25, 0.3) is 33.0 Å². The predicted molar refractivity (Wildman–Crippen MR) is 75.2 cm³/mol. The van der Waals surface area contributed by atoms with E-state index < -0.39 is 0 Å². The Kier molecular flexibility index (Phi) is 2.13. The number of rotatable bonds is 0. The minimum absolute atomic E-state index is 0.429. The Labute approximate surface area is 113 Å². The fourth-order valence-electron chi connectivity index (χ4n) is 2.18. The summed E-state index contributed by atoms with van der Waals surface area (Å²) in [4.78, 5) is 17.4. The van der Waals surface area contributed by atoms with E-state index >= 15 is 0 Å². The first-order valence-corrected chi connectivity index (χ1v) is 6.16. The molecule has 0 bridgehead atoms. The monoisotopic (exact) mass is 266 g/mol. The lowest BCUT2D eigenvalue weighted by atomic mass is 10.1. The van der Waals surface area contributed by atoms with Crippen LogP contribution in [0, 0.1) is 0 Å². The van der Waals surface area contributed by atoms with Crippen molar-refractivity contribution in [3.8, 4) is 0 Å². The highest BCUT2D eigenvalue weighted by atomic mass is 35.5. The molecule has 4 nitrogen and oxygen atoms in total. The van der Waals surface area contributed by atoms with Crippen LogP contribution in [0.2, 0.25) is 5.15 Å². The van der Waals surface area contributed by atoms with Crippen LogP contribution in [0.4, 0.5) is 0 Å². The summed E-state index contributed by atoms with van der Waals surface area (Å²) >= 11 is 5.88. The first kappa shape index (κ1) is 10.6. The number of hydrogen-bond acceptors (Lipinski definition) is 4. The quantitative estimate of drug-likeness (QED) is 0.278. The van der Waals surface area contributed by atoms with Crippen molar-refractivity contribution in [1.29, 1.82) is 0 Å². The van der Waals surface area contributed by atoms with E-state index in [1.807, 2.05) is 24.3 Å². The Morgan fingerprint density at radius 1 is 0.895 bits per heavy atom. The maximum Gasteiger partial charge on any atom is 0.163 e. The molecular weight excluding hydrogens is 260 g/mol. The van der Waals surface area contributed by atoms with Crippen LogP contribution in [0.5, 0.6) is 0 Å². The molecule has 0 N–H and O–H groups in total. The summed E-state index contributed by atoms with van der Waals surface area (Å²) in [6.45, 7) is 0. The fraction of sp³-hybridized carbons (Fsp3) is 0. The summed E-state index contributed by atoms with van der Waals surface area (Å²) in [6.07, 6.45) is 3.50. The van der Waals surface area contributed by atoms with Gasteiger partial charge in [-0.1, -0.05) is 11.6 Å². The zero-order chi connectivity index (χ0) is 12.8. The number of pyridine rings is 4. The lowest BCUT2D eigenvalue weighted by Gasteiger charge is -2.03. The number of aromatic nitrogens is 4.